The molecule has 118 valence electrons. The first-order valence-electron chi connectivity index (χ1n) is 8.44. The molecule has 5 nitrogen and oxygen atoms in total. The number of nitrogens with zero attached hydrogens (tertiary/aromatic N) is 2. The third-order valence-electron chi connectivity index (χ3n) is 5.10. The molecule has 0 aromatic heterocycles. The summed E-state index contributed by atoms with van der Waals surface area (Å²) >= 11 is 0. The van der Waals surface area contributed by atoms with Crippen molar-refractivity contribution >= 4 is 11.8 Å². The van der Waals surface area contributed by atoms with Crippen molar-refractivity contribution in [3.05, 3.63) is 0 Å². The van der Waals surface area contributed by atoms with Gasteiger partial charge in [-0.1, -0.05) is 19.3 Å². The first-order valence-corrected chi connectivity index (χ1v) is 8.44. The molecule has 0 bridgehead atoms. The van der Waals surface area contributed by atoms with Gasteiger partial charge < -0.3 is 14.5 Å². The predicted octanol–water partition coefficient (Wildman–Crippen LogP) is 1.42. The molecule has 1 saturated carbocycles. The van der Waals surface area contributed by atoms with E-state index in [0.717, 1.165) is 45.1 Å². The van der Waals surface area contributed by atoms with Gasteiger partial charge in [0, 0.05) is 25.6 Å². The summed E-state index contributed by atoms with van der Waals surface area (Å²) in [7, 11) is 0. The highest BCUT2D eigenvalue weighted by Gasteiger charge is 2.39. The summed E-state index contributed by atoms with van der Waals surface area (Å²) in [5, 5.41) is 0. The second kappa shape index (κ2) is 6.77. The molecule has 1 atom stereocenters. The minimum Gasteiger partial charge on any atom is -0.378 e. The zero-order chi connectivity index (χ0) is 14.7. The molecule has 21 heavy (non-hydrogen) atoms. The van der Waals surface area contributed by atoms with Crippen LogP contribution in [0.1, 0.15) is 44.9 Å². The van der Waals surface area contributed by atoms with Crippen LogP contribution in [0.25, 0.3) is 0 Å². The summed E-state index contributed by atoms with van der Waals surface area (Å²) < 4.78 is 5.31. The van der Waals surface area contributed by atoms with Crippen LogP contribution in [0, 0.1) is 5.92 Å². The Kier molecular flexibility index (Phi) is 4.78. The Labute approximate surface area is 126 Å². The molecule has 3 fully saturated rings. The summed E-state index contributed by atoms with van der Waals surface area (Å²) in [5.41, 5.74) is 0. The van der Waals surface area contributed by atoms with Crippen molar-refractivity contribution in [2.75, 3.05) is 32.8 Å². The molecule has 0 unspecified atom stereocenters. The summed E-state index contributed by atoms with van der Waals surface area (Å²) in [6, 6.07) is -0.211. The fraction of sp³-hybridized carbons (Fsp3) is 0.875. The van der Waals surface area contributed by atoms with Crippen molar-refractivity contribution in [3.63, 3.8) is 0 Å². The van der Waals surface area contributed by atoms with Gasteiger partial charge in [0.2, 0.25) is 11.8 Å². The minimum absolute atomic E-state index is 0.139. The van der Waals surface area contributed by atoms with Crippen LogP contribution in [0.2, 0.25) is 0 Å². The van der Waals surface area contributed by atoms with E-state index in [9.17, 15) is 9.59 Å². The molecule has 3 rings (SSSR count). The Bertz CT molecular complexity index is 351. The molecular formula is C16H26N2O3. The lowest BCUT2D eigenvalue weighted by Gasteiger charge is -2.34. The second-order valence-corrected chi connectivity index (χ2v) is 6.46. The summed E-state index contributed by atoms with van der Waals surface area (Å²) in [4.78, 5) is 29.2. The van der Waals surface area contributed by atoms with Crippen LogP contribution in [-0.4, -0.2) is 60.5 Å². The van der Waals surface area contributed by atoms with Crippen molar-refractivity contribution in [1.82, 2.24) is 9.80 Å². The lowest BCUT2D eigenvalue weighted by molar-refractivity contribution is -0.148. The second-order valence-electron chi connectivity index (χ2n) is 6.46. The maximum Gasteiger partial charge on any atom is 0.245 e. The van der Waals surface area contributed by atoms with Gasteiger partial charge >= 0.3 is 0 Å². The summed E-state index contributed by atoms with van der Waals surface area (Å²) in [6.45, 7) is 3.34. The van der Waals surface area contributed by atoms with Gasteiger partial charge in [-0.3, -0.25) is 9.59 Å². The Morgan fingerprint density at radius 1 is 0.810 bits per heavy atom. The Hall–Kier alpha value is -1.10. The number of ether oxygens (including phenoxy) is 1. The van der Waals surface area contributed by atoms with Crippen molar-refractivity contribution in [3.8, 4) is 0 Å². The van der Waals surface area contributed by atoms with E-state index >= 15 is 0 Å². The first-order chi connectivity index (χ1) is 10.3. The van der Waals surface area contributed by atoms with Gasteiger partial charge in [-0.05, 0) is 25.7 Å². The first kappa shape index (κ1) is 14.8. The van der Waals surface area contributed by atoms with Crippen LogP contribution in [0.15, 0.2) is 0 Å². The topological polar surface area (TPSA) is 49.9 Å². The van der Waals surface area contributed by atoms with Gasteiger partial charge in [0.15, 0.2) is 0 Å². The number of morpholine rings is 1. The standard InChI is InChI=1S/C16H26N2O3/c19-15(13-5-2-1-3-6-13)18-8-4-7-14(18)16(20)17-9-11-21-12-10-17/h13-14H,1-12H2/t14-/m0/s1. The van der Waals surface area contributed by atoms with Crippen molar-refractivity contribution < 1.29 is 14.3 Å². The van der Waals surface area contributed by atoms with Crippen molar-refractivity contribution in [2.24, 2.45) is 5.92 Å². The van der Waals surface area contributed by atoms with Gasteiger partial charge in [-0.2, -0.15) is 0 Å². The molecule has 3 aliphatic rings. The number of rotatable bonds is 2. The van der Waals surface area contributed by atoms with Crippen LogP contribution in [0.5, 0.6) is 0 Å². The summed E-state index contributed by atoms with van der Waals surface area (Å²) in [6.07, 6.45) is 7.37. The van der Waals surface area contributed by atoms with Crippen molar-refractivity contribution in [1.29, 1.82) is 0 Å². The van der Waals surface area contributed by atoms with Gasteiger partial charge in [0.1, 0.15) is 6.04 Å². The van der Waals surface area contributed by atoms with E-state index in [0.29, 0.717) is 26.3 Å². The molecule has 2 heterocycles. The average Bonchev–Trinajstić information content (AvgIpc) is 3.04. The maximum absolute atomic E-state index is 12.7. The van der Waals surface area contributed by atoms with Crippen LogP contribution in [-0.2, 0) is 14.3 Å². The van der Waals surface area contributed by atoms with E-state index in [-0.39, 0.29) is 23.8 Å². The number of hydrogen-bond acceptors (Lipinski definition) is 3. The molecule has 0 spiro atoms. The highest BCUT2D eigenvalue weighted by Crippen LogP contribution is 2.29. The zero-order valence-electron chi connectivity index (χ0n) is 12.8. The largest absolute Gasteiger partial charge is 0.378 e. The molecule has 5 heteroatoms. The smallest absolute Gasteiger partial charge is 0.245 e. The Morgan fingerprint density at radius 3 is 2.24 bits per heavy atom. The lowest BCUT2D eigenvalue weighted by atomic mass is 9.88. The number of amides is 2. The van der Waals surface area contributed by atoms with E-state index < -0.39 is 0 Å². The zero-order valence-corrected chi connectivity index (χ0v) is 12.8. The molecule has 2 saturated heterocycles. The Morgan fingerprint density at radius 2 is 1.52 bits per heavy atom. The van der Waals surface area contributed by atoms with Crippen LogP contribution in [0.3, 0.4) is 0 Å². The lowest BCUT2D eigenvalue weighted by Crippen LogP contribution is -2.52. The number of likely N-dealkylation sites (tertiary alicyclic amines) is 1. The van der Waals surface area contributed by atoms with Crippen molar-refractivity contribution in [2.45, 2.75) is 51.0 Å². The maximum atomic E-state index is 12.7. The van der Waals surface area contributed by atoms with E-state index in [1.165, 1.54) is 6.42 Å². The van der Waals surface area contributed by atoms with Gasteiger partial charge in [-0.25, -0.2) is 0 Å². The normalized spacial score (nSPS) is 27.9. The van der Waals surface area contributed by atoms with Gasteiger partial charge in [0.25, 0.3) is 0 Å². The van der Waals surface area contributed by atoms with Crippen LogP contribution in [0.4, 0.5) is 0 Å². The third kappa shape index (κ3) is 3.23. The minimum atomic E-state index is -0.211. The Balaban J connectivity index is 1.63. The van der Waals surface area contributed by atoms with Gasteiger partial charge in [-0.15, -0.1) is 0 Å². The highest BCUT2D eigenvalue weighted by molar-refractivity contribution is 5.89. The number of carbonyl (C=O) groups is 2. The fourth-order valence-corrected chi connectivity index (χ4v) is 3.87. The quantitative estimate of drug-likeness (QED) is 0.774. The van der Waals surface area contributed by atoms with E-state index in [4.69, 9.17) is 4.74 Å². The summed E-state index contributed by atoms with van der Waals surface area (Å²) in [5.74, 6) is 0.538. The molecule has 2 aliphatic heterocycles. The van der Waals surface area contributed by atoms with E-state index in [1.807, 2.05) is 9.80 Å². The van der Waals surface area contributed by atoms with E-state index in [1.54, 1.807) is 0 Å². The molecule has 0 N–H and O–H groups in total. The monoisotopic (exact) mass is 294 g/mol. The molecule has 0 aromatic carbocycles. The molecular weight excluding hydrogens is 268 g/mol. The molecule has 1 aliphatic carbocycles. The van der Waals surface area contributed by atoms with Gasteiger partial charge in [0.05, 0.1) is 13.2 Å². The molecule has 2 amide bonds. The third-order valence-corrected chi connectivity index (χ3v) is 5.10. The van der Waals surface area contributed by atoms with Crippen LogP contribution >= 0.6 is 0 Å². The number of carbonyl (C=O) groups excluding carboxylic acids is 2. The highest BCUT2D eigenvalue weighted by atomic mass is 16.5. The van der Waals surface area contributed by atoms with Crippen LogP contribution < -0.4 is 0 Å². The fourth-order valence-electron chi connectivity index (χ4n) is 3.87. The predicted molar refractivity (Wildman–Crippen MR) is 78.7 cm³/mol. The SMILES string of the molecule is O=C([C@@H]1CCCN1C(=O)C1CCCCC1)N1CCOCC1. The van der Waals surface area contributed by atoms with E-state index in [2.05, 4.69) is 0 Å². The number of hydrogen-bond donors (Lipinski definition) is 0. The molecule has 0 radical (unpaired) electrons. The average molecular weight is 294 g/mol. The molecule has 0 aromatic rings.